The van der Waals surface area contributed by atoms with Crippen LogP contribution in [0, 0.1) is 0 Å². The molecule has 0 amide bonds. The fourth-order valence-electron chi connectivity index (χ4n) is 2.63. The van der Waals surface area contributed by atoms with Crippen molar-refractivity contribution in [3.63, 3.8) is 0 Å². The van der Waals surface area contributed by atoms with E-state index in [1.165, 1.54) is 0 Å². The van der Waals surface area contributed by atoms with Crippen molar-refractivity contribution in [1.29, 1.82) is 0 Å². The average molecular weight is 272 g/mol. The first-order valence-electron chi connectivity index (χ1n) is 6.83. The van der Waals surface area contributed by atoms with Crippen LogP contribution >= 0.6 is 0 Å². The summed E-state index contributed by atoms with van der Waals surface area (Å²) in [5.41, 5.74) is 2.10. The predicted molar refractivity (Wildman–Crippen MR) is 85.4 cm³/mol. The topological polar surface area (TPSA) is 30.2 Å². The minimum absolute atomic E-state index is 0.00660. The Kier molecular flexibility index (Phi) is 2.61. The van der Waals surface area contributed by atoms with Crippen LogP contribution in [0.2, 0.25) is 0 Å². The van der Waals surface area contributed by atoms with Gasteiger partial charge < -0.3 is 4.42 Å². The molecule has 0 radical (unpaired) electrons. The van der Waals surface area contributed by atoms with Gasteiger partial charge >= 0.3 is 0 Å². The molecule has 0 aliphatic heterocycles. The van der Waals surface area contributed by atoms with Crippen molar-refractivity contribution in [2.24, 2.45) is 0 Å². The van der Waals surface area contributed by atoms with Crippen LogP contribution in [0.4, 0.5) is 0 Å². The normalized spacial score (nSPS) is 11.0. The summed E-state index contributed by atoms with van der Waals surface area (Å²) >= 11 is 0. The first-order valence-corrected chi connectivity index (χ1v) is 6.83. The highest BCUT2D eigenvalue weighted by molar-refractivity contribution is 5.88. The van der Waals surface area contributed by atoms with E-state index in [2.05, 4.69) is 6.07 Å². The molecule has 0 saturated carbocycles. The lowest BCUT2D eigenvalue weighted by Crippen LogP contribution is -2.04. The number of fused-ring (bicyclic) bond motifs is 2. The SMILES string of the molecule is O=c1c(-c2ccc3ccccc3c2)coc2ccccc12. The Morgan fingerprint density at radius 3 is 2.43 bits per heavy atom. The van der Waals surface area contributed by atoms with E-state index in [9.17, 15) is 4.79 Å². The summed E-state index contributed by atoms with van der Waals surface area (Å²) in [6.45, 7) is 0. The van der Waals surface area contributed by atoms with Crippen LogP contribution in [0.3, 0.4) is 0 Å². The van der Waals surface area contributed by atoms with Crippen molar-refractivity contribution in [2.75, 3.05) is 0 Å². The fraction of sp³-hybridized carbons (Fsp3) is 0. The summed E-state index contributed by atoms with van der Waals surface area (Å²) in [5.74, 6) is 0. The molecule has 0 fully saturated rings. The van der Waals surface area contributed by atoms with Gasteiger partial charge in [-0.25, -0.2) is 0 Å². The summed E-state index contributed by atoms with van der Waals surface area (Å²) in [7, 11) is 0. The second-order valence-corrected chi connectivity index (χ2v) is 5.04. The Morgan fingerprint density at radius 2 is 1.52 bits per heavy atom. The third-order valence-corrected chi connectivity index (χ3v) is 3.74. The largest absolute Gasteiger partial charge is 0.463 e. The Hall–Kier alpha value is -2.87. The molecule has 0 N–H and O–H groups in total. The fourth-order valence-corrected chi connectivity index (χ4v) is 2.63. The molecule has 0 spiro atoms. The zero-order chi connectivity index (χ0) is 14.2. The second-order valence-electron chi connectivity index (χ2n) is 5.04. The maximum atomic E-state index is 12.6. The predicted octanol–water partition coefficient (Wildman–Crippen LogP) is 4.61. The van der Waals surface area contributed by atoms with E-state index in [4.69, 9.17) is 4.42 Å². The Labute approximate surface area is 121 Å². The summed E-state index contributed by atoms with van der Waals surface area (Å²) in [6.07, 6.45) is 1.55. The molecule has 0 atom stereocenters. The number of hydrogen-bond donors (Lipinski definition) is 0. The van der Waals surface area contributed by atoms with Crippen LogP contribution in [0.25, 0.3) is 32.9 Å². The summed E-state index contributed by atoms with van der Waals surface area (Å²) < 4.78 is 5.59. The molecule has 0 bridgehead atoms. The lowest BCUT2D eigenvalue weighted by molar-refractivity contribution is 0.604. The highest BCUT2D eigenvalue weighted by Gasteiger charge is 2.09. The van der Waals surface area contributed by atoms with Crippen molar-refractivity contribution >= 4 is 21.7 Å². The number of benzene rings is 3. The van der Waals surface area contributed by atoms with Crippen LogP contribution in [0.5, 0.6) is 0 Å². The molecular weight excluding hydrogens is 260 g/mol. The zero-order valence-electron chi connectivity index (χ0n) is 11.2. The van der Waals surface area contributed by atoms with Crippen molar-refractivity contribution < 1.29 is 4.42 Å². The highest BCUT2D eigenvalue weighted by Crippen LogP contribution is 2.24. The molecule has 2 nitrogen and oxygen atoms in total. The van der Waals surface area contributed by atoms with Crippen molar-refractivity contribution in [3.05, 3.63) is 83.2 Å². The second kappa shape index (κ2) is 4.60. The molecule has 21 heavy (non-hydrogen) atoms. The van der Waals surface area contributed by atoms with Gasteiger partial charge in [0.05, 0.1) is 10.9 Å². The Bertz CT molecular complexity index is 1010. The van der Waals surface area contributed by atoms with Gasteiger partial charge in [-0.15, -0.1) is 0 Å². The van der Waals surface area contributed by atoms with E-state index in [1.54, 1.807) is 18.4 Å². The minimum Gasteiger partial charge on any atom is -0.463 e. The standard InChI is InChI=1S/C19H12O2/c20-19-16-7-3-4-8-18(16)21-12-17(19)15-10-9-13-5-1-2-6-14(13)11-15/h1-12H. The van der Waals surface area contributed by atoms with Gasteiger partial charge in [0.2, 0.25) is 0 Å². The van der Waals surface area contributed by atoms with E-state index in [0.717, 1.165) is 16.3 Å². The Morgan fingerprint density at radius 1 is 0.762 bits per heavy atom. The molecule has 3 aromatic carbocycles. The van der Waals surface area contributed by atoms with Crippen LogP contribution < -0.4 is 5.43 Å². The van der Waals surface area contributed by atoms with E-state index >= 15 is 0 Å². The highest BCUT2D eigenvalue weighted by atomic mass is 16.3. The molecule has 0 aliphatic rings. The maximum Gasteiger partial charge on any atom is 0.200 e. The summed E-state index contributed by atoms with van der Waals surface area (Å²) in [4.78, 5) is 12.6. The van der Waals surface area contributed by atoms with Crippen LogP contribution in [0.15, 0.2) is 82.2 Å². The summed E-state index contributed by atoms with van der Waals surface area (Å²) in [5, 5.41) is 2.89. The Balaban J connectivity index is 2.00. The van der Waals surface area contributed by atoms with Crippen molar-refractivity contribution in [2.45, 2.75) is 0 Å². The molecule has 4 rings (SSSR count). The van der Waals surface area contributed by atoms with Gasteiger partial charge in [0.25, 0.3) is 0 Å². The molecule has 1 heterocycles. The quantitative estimate of drug-likeness (QED) is 0.506. The van der Waals surface area contributed by atoms with E-state index < -0.39 is 0 Å². The molecule has 0 aliphatic carbocycles. The zero-order valence-corrected chi connectivity index (χ0v) is 11.2. The molecule has 0 saturated heterocycles. The van der Waals surface area contributed by atoms with Crippen molar-refractivity contribution in [3.8, 4) is 11.1 Å². The van der Waals surface area contributed by atoms with Gasteiger partial charge in [0, 0.05) is 0 Å². The third-order valence-electron chi connectivity index (χ3n) is 3.74. The van der Waals surface area contributed by atoms with Crippen LogP contribution in [0.1, 0.15) is 0 Å². The first-order chi connectivity index (χ1) is 10.3. The molecule has 100 valence electrons. The smallest absolute Gasteiger partial charge is 0.200 e. The number of rotatable bonds is 1. The lowest BCUT2D eigenvalue weighted by Gasteiger charge is -2.04. The molecule has 4 aromatic rings. The average Bonchev–Trinajstić information content (AvgIpc) is 2.55. The molecule has 0 unspecified atom stereocenters. The van der Waals surface area contributed by atoms with Gasteiger partial charge in [-0.05, 0) is 34.5 Å². The van der Waals surface area contributed by atoms with Crippen LogP contribution in [-0.2, 0) is 0 Å². The summed E-state index contributed by atoms with van der Waals surface area (Å²) in [6, 6.07) is 21.4. The monoisotopic (exact) mass is 272 g/mol. The molecular formula is C19H12O2. The van der Waals surface area contributed by atoms with E-state index in [0.29, 0.717) is 16.5 Å². The number of para-hydroxylation sites is 1. The minimum atomic E-state index is 0.00660. The number of hydrogen-bond acceptors (Lipinski definition) is 2. The maximum absolute atomic E-state index is 12.6. The van der Waals surface area contributed by atoms with Crippen LogP contribution in [-0.4, -0.2) is 0 Å². The van der Waals surface area contributed by atoms with Gasteiger partial charge in [0.15, 0.2) is 5.43 Å². The van der Waals surface area contributed by atoms with Gasteiger partial charge in [-0.1, -0.05) is 48.5 Å². The van der Waals surface area contributed by atoms with Gasteiger partial charge in [0.1, 0.15) is 11.8 Å². The van der Waals surface area contributed by atoms with E-state index in [1.807, 2.05) is 48.5 Å². The lowest BCUT2D eigenvalue weighted by atomic mass is 10.0. The third kappa shape index (κ3) is 1.93. The first kappa shape index (κ1) is 11.9. The molecule has 1 aromatic heterocycles. The van der Waals surface area contributed by atoms with Crippen molar-refractivity contribution in [1.82, 2.24) is 0 Å². The van der Waals surface area contributed by atoms with Gasteiger partial charge in [-0.3, -0.25) is 4.79 Å². The molecule has 2 heteroatoms. The van der Waals surface area contributed by atoms with E-state index in [-0.39, 0.29) is 5.43 Å². The van der Waals surface area contributed by atoms with Gasteiger partial charge in [-0.2, -0.15) is 0 Å².